The van der Waals surface area contributed by atoms with E-state index in [-0.39, 0.29) is 67.9 Å². The number of carbonyl (C=O) groups excluding carboxylic acids is 1. The molecule has 5 fully saturated rings. The van der Waals surface area contributed by atoms with Crippen molar-refractivity contribution in [1.29, 1.82) is 0 Å². The molecule has 0 unspecified atom stereocenters. The molecule has 17 nitrogen and oxygen atoms in total. The van der Waals surface area contributed by atoms with Crippen LogP contribution in [0.1, 0.15) is 93.0 Å². The van der Waals surface area contributed by atoms with Crippen molar-refractivity contribution in [3.8, 4) is 23.0 Å². The molecule has 0 spiro atoms. The van der Waals surface area contributed by atoms with E-state index in [1.807, 2.05) is 75.6 Å². The molecule has 0 amide bonds. The quantitative estimate of drug-likeness (QED) is 0.161. The number of nitrogens with zero attached hydrogens (tertiary/aromatic N) is 4. The third-order valence-electron chi connectivity index (χ3n) is 14.6. The maximum atomic E-state index is 12.9. The molecule has 5 heterocycles. The van der Waals surface area contributed by atoms with Gasteiger partial charge in [-0.3, -0.25) is 9.50 Å². The van der Waals surface area contributed by atoms with E-state index in [0.717, 1.165) is 38.1 Å². The van der Waals surface area contributed by atoms with Crippen molar-refractivity contribution in [2.24, 2.45) is 0 Å². The molecule has 417 valence electrons. The molecule has 1 N–H and O–H groups in total. The summed E-state index contributed by atoms with van der Waals surface area (Å²) in [6.07, 6.45) is 3.30. The summed E-state index contributed by atoms with van der Waals surface area (Å²) in [6, 6.07) is 23.2. The van der Waals surface area contributed by atoms with E-state index < -0.39 is 56.7 Å². The summed E-state index contributed by atoms with van der Waals surface area (Å²) in [5.41, 5.74) is 0.447. The summed E-state index contributed by atoms with van der Waals surface area (Å²) in [4.78, 5) is 16.5. The smallest absolute Gasteiger partial charge is 1.00 e. The van der Waals surface area contributed by atoms with Crippen LogP contribution in [-0.4, -0.2) is 171 Å². The van der Waals surface area contributed by atoms with E-state index in [0.29, 0.717) is 78.9 Å². The number of rotatable bonds is 12. The first-order chi connectivity index (χ1) is 34.4. The van der Waals surface area contributed by atoms with Crippen molar-refractivity contribution < 1.29 is 95.3 Å². The second-order valence-electron chi connectivity index (χ2n) is 21.0. The Morgan fingerprint density at radius 1 is 0.571 bits per heavy atom. The monoisotopic (exact) mass is 1120 g/mol. The Bertz CT molecular complexity index is 2730. The Hall–Kier alpha value is -3.23. The third kappa shape index (κ3) is 16.3. The summed E-state index contributed by atoms with van der Waals surface area (Å²) in [6.45, 7) is 22.3. The molecule has 0 aliphatic carbocycles. The number of likely N-dealkylation sites (N-methyl/N-ethyl adjacent to an activating group) is 2. The first kappa shape index (κ1) is 68.0. The molecule has 3 radical (unpaired) electrons. The molecule has 0 aromatic heterocycles. The molecule has 5 saturated heterocycles. The Kier molecular flexibility index (Phi) is 24.7. The van der Waals surface area contributed by atoms with E-state index in [1.165, 1.54) is 21.5 Å². The first-order valence-corrected chi connectivity index (χ1v) is 27.8. The second-order valence-corrected chi connectivity index (χ2v) is 24.9. The van der Waals surface area contributed by atoms with Gasteiger partial charge in [0.1, 0.15) is 29.3 Å². The zero-order valence-corrected chi connectivity index (χ0v) is 49.6. The number of carbonyl (C=O) groups is 1. The molecule has 4 aromatic carbocycles. The molecular weight excluding hydrogens is 1040 g/mol. The molecule has 0 saturated carbocycles. The summed E-state index contributed by atoms with van der Waals surface area (Å²) in [5.74, 6) is 1.96. The maximum absolute atomic E-state index is 12.9. The number of aliphatic hydroxyl groups is 1. The van der Waals surface area contributed by atoms with E-state index in [4.69, 9.17) is 32.8 Å². The minimum Gasteiger partial charge on any atom is -1.00 e. The molecular formula is C53H78B3FN4NaO13S2. The number of sulfonamides is 2. The number of hydrogen-bond donors (Lipinski definition) is 1. The Morgan fingerprint density at radius 2 is 0.909 bits per heavy atom. The number of ether oxygens (including phenoxy) is 3. The van der Waals surface area contributed by atoms with Crippen LogP contribution >= 0.6 is 0 Å². The van der Waals surface area contributed by atoms with Crippen LogP contribution in [-0.2, 0) is 50.0 Å². The van der Waals surface area contributed by atoms with E-state index in [9.17, 15) is 26.7 Å². The van der Waals surface area contributed by atoms with Crippen LogP contribution in [0.3, 0.4) is 0 Å². The minimum atomic E-state index is -3.54. The fraction of sp³-hybridized carbons (Fsp3) is 0.528. The Balaban J connectivity index is 0.000000461. The average Bonchev–Trinajstić information content (AvgIpc) is 4.06. The Labute approximate surface area is 483 Å². The van der Waals surface area contributed by atoms with Gasteiger partial charge >= 0.3 is 43.8 Å². The van der Waals surface area contributed by atoms with Gasteiger partial charge in [-0.15, -0.1) is 0 Å². The average molecular weight is 1120 g/mol. The van der Waals surface area contributed by atoms with Crippen molar-refractivity contribution in [1.82, 2.24) is 18.4 Å². The third-order valence-corrected chi connectivity index (χ3v) is 18.5. The number of piperazine rings is 2. The normalized spacial score (nSPS) is 20.1. The predicted octanol–water partition coefficient (Wildman–Crippen LogP) is 3.05. The van der Waals surface area contributed by atoms with Gasteiger partial charge in [0.15, 0.2) is 0 Å². The zero-order chi connectivity index (χ0) is 53.0. The van der Waals surface area contributed by atoms with Gasteiger partial charge in [0.2, 0.25) is 20.0 Å². The Morgan fingerprint density at radius 3 is 1.25 bits per heavy atom. The van der Waals surface area contributed by atoms with Gasteiger partial charge in [0, 0.05) is 79.5 Å². The molecule has 4 aromatic rings. The number of benzene rings is 4. The summed E-state index contributed by atoms with van der Waals surface area (Å²) in [5, 5.41) is 9.95. The molecule has 5 aliphatic heterocycles. The summed E-state index contributed by atoms with van der Waals surface area (Å²) >= 11 is 0. The van der Waals surface area contributed by atoms with Crippen molar-refractivity contribution in [2.45, 2.75) is 114 Å². The van der Waals surface area contributed by atoms with Gasteiger partial charge in [-0.05, 0) is 172 Å². The fourth-order valence-electron chi connectivity index (χ4n) is 8.38. The standard InChI is InChI=1S/C24H33BN2O6S.C24H31BN2O6S.C4H8O.CH4.B.FH.Na.H/c2*1-23(2)24(3,4)33-25(32-23)22-11-8-20(16-18(22)17-28)31-19-6-9-21(10-7-19)34(29,30)27-14-12-26(5)13-15-27;1-2-4-5-3-1;;;;;/h6-11,16,28H,12-15,17H2,1-5H3;6-11,16-17H,12-15H2,1-5H3;1-4H2;1H4;;1H;;/q;;;;;;+1;-1. The van der Waals surface area contributed by atoms with E-state index >= 15 is 0 Å². The van der Waals surface area contributed by atoms with Crippen LogP contribution in [0.4, 0.5) is 4.70 Å². The fourth-order valence-corrected chi connectivity index (χ4v) is 11.2. The number of aldehydes is 1. The SMILES string of the molecule is C.C1CCOC1.CN1CCN(S(=O)(=O)c2ccc(Oc3ccc(B4OC(C)(C)C(C)(C)O4)c(C=O)c3)cc2)CC1.CN1CCN(S(=O)(=O)c2ccc(Oc3ccc(B4OC(C)(C)C(C)(C)O4)c(CO)c3)cc2)CC1.F.[B].[H-].[Na+]. The van der Waals surface area contributed by atoms with Crippen LogP contribution in [0.15, 0.2) is 94.7 Å². The number of hydrogen-bond acceptors (Lipinski definition) is 15. The first-order valence-electron chi connectivity index (χ1n) is 24.9. The maximum Gasteiger partial charge on any atom is 1.00 e. The van der Waals surface area contributed by atoms with Crippen LogP contribution in [0.5, 0.6) is 23.0 Å². The second kappa shape index (κ2) is 28.0. The van der Waals surface area contributed by atoms with Gasteiger partial charge in [-0.2, -0.15) is 8.61 Å². The molecule has 24 heteroatoms. The van der Waals surface area contributed by atoms with E-state index in [1.54, 1.807) is 78.9 Å². The van der Waals surface area contributed by atoms with Crippen LogP contribution in [0.25, 0.3) is 0 Å². The van der Waals surface area contributed by atoms with Gasteiger partial charge in [0.05, 0.1) is 38.8 Å². The summed E-state index contributed by atoms with van der Waals surface area (Å²) < 4.78 is 95.8. The van der Waals surface area contributed by atoms with Crippen molar-refractivity contribution >= 4 is 59.9 Å². The molecule has 0 atom stereocenters. The van der Waals surface area contributed by atoms with Gasteiger partial charge in [-0.1, -0.05) is 19.6 Å². The molecule has 9 rings (SSSR count). The minimum absolute atomic E-state index is 0. The van der Waals surface area contributed by atoms with Crippen molar-refractivity contribution in [2.75, 3.05) is 79.7 Å². The zero-order valence-electron chi connectivity index (χ0n) is 46.9. The van der Waals surface area contributed by atoms with Crippen LogP contribution < -0.4 is 50.0 Å². The largest absolute Gasteiger partial charge is 1.00 e. The molecule has 0 bridgehead atoms. The molecule has 5 aliphatic rings. The number of halogens is 1. The topological polar surface area (TPSA) is 183 Å². The van der Waals surface area contributed by atoms with Gasteiger partial charge in [-0.25, -0.2) is 16.8 Å². The number of aliphatic hydroxyl groups excluding tert-OH is 1. The van der Waals surface area contributed by atoms with Crippen molar-refractivity contribution in [3.63, 3.8) is 0 Å². The van der Waals surface area contributed by atoms with Crippen molar-refractivity contribution in [3.05, 3.63) is 96.1 Å². The summed E-state index contributed by atoms with van der Waals surface area (Å²) in [7, 11) is -4.34. The van der Waals surface area contributed by atoms with Crippen LogP contribution in [0.2, 0.25) is 0 Å². The predicted molar refractivity (Wildman–Crippen MR) is 297 cm³/mol. The van der Waals surface area contributed by atoms with Crippen LogP contribution in [0, 0.1) is 0 Å². The van der Waals surface area contributed by atoms with Gasteiger partial charge in [0.25, 0.3) is 0 Å². The van der Waals surface area contributed by atoms with Gasteiger partial charge < -0.3 is 49.2 Å². The molecule has 77 heavy (non-hydrogen) atoms. The van der Waals surface area contributed by atoms with E-state index in [2.05, 4.69) is 9.80 Å².